The van der Waals surface area contributed by atoms with Crippen LogP contribution >= 0.6 is 0 Å². The highest BCUT2D eigenvalue weighted by atomic mass is 19.4. The average molecular weight is 252 g/mol. The topological polar surface area (TPSA) is 57.5 Å². The highest BCUT2D eigenvalue weighted by Crippen LogP contribution is 2.31. The van der Waals surface area contributed by atoms with Crippen LogP contribution in [-0.4, -0.2) is 16.2 Å². The van der Waals surface area contributed by atoms with Gasteiger partial charge in [0, 0.05) is 5.56 Å². The molecule has 1 aromatic rings. The monoisotopic (exact) mass is 252 g/mol. The van der Waals surface area contributed by atoms with Gasteiger partial charge in [-0.1, -0.05) is 6.07 Å². The van der Waals surface area contributed by atoms with E-state index in [4.69, 9.17) is 5.11 Å². The Kier molecular flexibility index (Phi) is 3.72. The van der Waals surface area contributed by atoms with E-state index < -0.39 is 41.6 Å². The molecule has 2 N–H and O–H groups in total. The molecule has 0 saturated heterocycles. The van der Waals surface area contributed by atoms with Crippen LogP contribution in [0.15, 0.2) is 18.2 Å². The molecule has 0 heterocycles. The largest absolute Gasteiger partial charge is 0.481 e. The van der Waals surface area contributed by atoms with Gasteiger partial charge < -0.3 is 10.2 Å². The number of aliphatic hydroxyl groups is 1. The third-order valence-electron chi connectivity index (χ3n) is 2.05. The molecule has 0 unspecified atom stereocenters. The first kappa shape index (κ1) is 13.4. The number of rotatable bonds is 3. The molecule has 0 aliphatic rings. The quantitative estimate of drug-likeness (QED) is 0.812. The Labute approximate surface area is 93.3 Å². The molecule has 0 saturated carbocycles. The molecule has 0 aromatic heterocycles. The normalized spacial score (nSPS) is 13.5. The molecule has 3 nitrogen and oxygen atoms in total. The number of hydrogen-bond donors (Lipinski definition) is 2. The first-order chi connectivity index (χ1) is 7.71. The molecule has 0 amide bonds. The zero-order valence-corrected chi connectivity index (χ0v) is 8.33. The van der Waals surface area contributed by atoms with Gasteiger partial charge in [-0.25, -0.2) is 4.39 Å². The molecular formula is C10H8F4O3. The van der Waals surface area contributed by atoms with Gasteiger partial charge in [0.15, 0.2) is 0 Å². The molecule has 17 heavy (non-hydrogen) atoms. The van der Waals surface area contributed by atoms with Gasteiger partial charge in [0.2, 0.25) is 0 Å². The van der Waals surface area contributed by atoms with Crippen molar-refractivity contribution >= 4 is 5.97 Å². The fraction of sp³-hybridized carbons (Fsp3) is 0.300. The summed E-state index contributed by atoms with van der Waals surface area (Å²) in [7, 11) is 0. The van der Waals surface area contributed by atoms with Crippen molar-refractivity contribution in [3.05, 3.63) is 35.1 Å². The van der Waals surface area contributed by atoms with Crippen molar-refractivity contribution < 1.29 is 32.6 Å². The van der Waals surface area contributed by atoms with Crippen LogP contribution < -0.4 is 0 Å². The van der Waals surface area contributed by atoms with Crippen LogP contribution in [-0.2, 0) is 11.0 Å². The number of carbonyl (C=O) groups is 1. The van der Waals surface area contributed by atoms with Crippen LogP contribution in [0.5, 0.6) is 0 Å². The summed E-state index contributed by atoms with van der Waals surface area (Å²) in [6.45, 7) is 0. The first-order valence-corrected chi connectivity index (χ1v) is 4.48. The molecule has 0 aliphatic carbocycles. The maximum atomic E-state index is 13.2. The Morgan fingerprint density at radius 3 is 2.35 bits per heavy atom. The van der Waals surface area contributed by atoms with E-state index >= 15 is 0 Å². The number of benzene rings is 1. The molecule has 1 rings (SSSR count). The number of aliphatic carboxylic acids is 1. The molecule has 0 bridgehead atoms. The first-order valence-electron chi connectivity index (χ1n) is 4.48. The lowest BCUT2D eigenvalue weighted by Gasteiger charge is -2.12. The molecule has 1 atom stereocenters. The summed E-state index contributed by atoms with van der Waals surface area (Å²) >= 11 is 0. The second kappa shape index (κ2) is 4.70. The SMILES string of the molecule is O=C(O)C[C@H](O)c1ccc(C(F)(F)F)cc1F. The summed E-state index contributed by atoms with van der Waals surface area (Å²) < 4.78 is 49.8. The van der Waals surface area contributed by atoms with Crippen LogP contribution in [0.1, 0.15) is 23.7 Å². The predicted molar refractivity (Wildman–Crippen MR) is 48.6 cm³/mol. The molecule has 1 aromatic carbocycles. The Morgan fingerprint density at radius 2 is 1.94 bits per heavy atom. The van der Waals surface area contributed by atoms with E-state index in [0.29, 0.717) is 6.07 Å². The number of carboxylic acid groups (broad SMARTS) is 1. The van der Waals surface area contributed by atoms with Gasteiger partial charge in [0.1, 0.15) is 5.82 Å². The highest BCUT2D eigenvalue weighted by molar-refractivity contribution is 5.67. The summed E-state index contributed by atoms with van der Waals surface area (Å²) in [6.07, 6.45) is -7.13. The Morgan fingerprint density at radius 1 is 1.35 bits per heavy atom. The van der Waals surface area contributed by atoms with Gasteiger partial charge in [-0.3, -0.25) is 4.79 Å². The fourth-order valence-corrected chi connectivity index (χ4v) is 1.25. The molecule has 94 valence electrons. The van der Waals surface area contributed by atoms with E-state index in [-0.39, 0.29) is 6.07 Å². The van der Waals surface area contributed by atoms with Crippen LogP contribution in [0.2, 0.25) is 0 Å². The molecule has 7 heteroatoms. The molecule has 0 spiro atoms. The summed E-state index contributed by atoms with van der Waals surface area (Å²) in [6, 6.07) is 1.54. The molecule has 0 fully saturated rings. The minimum atomic E-state index is -4.68. The second-order valence-corrected chi connectivity index (χ2v) is 3.35. The van der Waals surface area contributed by atoms with Gasteiger partial charge in [-0.15, -0.1) is 0 Å². The smallest absolute Gasteiger partial charge is 0.416 e. The highest BCUT2D eigenvalue weighted by Gasteiger charge is 2.31. The third kappa shape index (κ3) is 3.42. The molecule has 0 aliphatic heterocycles. The van der Waals surface area contributed by atoms with Crippen molar-refractivity contribution in [2.24, 2.45) is 0 Å². The van der Waals surface area contributed by atoms with E-state index in [2.05, 4.69) is 0 Å². The Hall–Kier alpha value is -1.63. The molecule has 0 radical (unpaired) electrons. The second-order valence-electron chi connectivity index (χ2n) is 3.35. The minimum Gasteiger partial charge on any atom is -0.481 e. The van der Waals surface area contributed by atoms with Gasteiger partial charge in [0.25, 0.3) is 0 Å². The summed E-state index contributed by atoms with van der Waals surface area (Å²) in [5.74, 6) is -2.66. The van der Waals surface area contributed by atoms with Gasteiger partial charge in [0.05, 0.1) is 18.1 Å². The zero-order chi connectivity index (χ0) is 13.2. The number of halogens is 4. The summed E-state index contributed by atoms with van der Waals surface area (Å²) in [4.78, 5) is 10.3. The minimum absolute atomic E-state index is 0.223. The van der Waals surface area contributed by atoms with Gasteiger partial charge in [-0.2, -0.15) is 13.2 Å². The van der Waals surface area contributed by atoms with E-state index in [9.17, 15) is 27.5 Å². The maximum Gasteiger partial charge on any atom is 0.416 e. The summed E-state index contributed by atoms with van der Waals surface area (Å²) in [5.41, 5.74) is -1.67. The van der Waals surface area contributed by atoms with Crippen LogP contribution in [0, 0.1) is 5.82 Å². The van der Waals surface area contributed by atoms with Crippen molar-refractivity contribution in [3.63, 3.8) is 0 Å². The zero-order valence-electron chi connectivity index (χ0n) is 8.33. The average Bonchev–Trinajstić information content (AvgIpc) is 2.14. The van der Waals surface area contributed by atoms with E-state index in [1.807, 2.05) is 0 Å². The van der Waals surface area contributed by atoms with E-state index in [0.717, 1.165) is 6.07 Å². The standard InChI is InChI=1S/C10H8F4O3/c11-7-3-5(10(12,13)14)1-2-6(7)8(15)4-9(16)17/h1-3,8,15H,4H2,(H,16,17)/t8-/m0/s1. The molecular weight excluding hydrogens is 244 g/mol. The fourth-order valence-electron chi connectivity index (χ4n) is 1.25. The summed E-state index contributed by atoms with van der Waals surface area (Å²) in [5, 5.41) is 17.6. The maximum absolute atomic E-state index is 13.2. The lowest BCUT2D eigenvalue weighted by molar-refractivity contribution is -0.140. The van der Waals surface area contributed by atoms with Crippen molar-refractivity contribution in [2.75, 3.05) is 0 Å². The number of aliphatic hydroxyl groups excluding tert-OH is 1. The number of carboxylic acids is 1. The predicted octanol–water partition coefficient (Wildman–Crippen LogP) is 2.35. The van der Waals surface area contributed by atoms with Crippen molar-refractivity contribution in [3.8, 4) is 0 Å². The Balaban J connectivity index is 3.02. The van der Waals surface area contributed by atoms with Crippen molar-refractivity contribution in [2.45, 2.75) is 18.7 Å². The van der Waals surface area contributed by atoms with Crippen molar-refractivity contribution in [1.82, 2.24) is 0 Å². The van der Waals surface area contributed by atoms with Crippen LogP contribution in [0.3, 0.4) is 0 Å². The van der Waals surface area contributed by atoms with Gasteiger partial charge >= 0.3 is 12.1 Å². The third-order valence-corrected chi connectivity index (χ3v) is 2.05. The van der Waals surface area contributed by atoms with Crippen LogP contribution in [0.25, 0.3) is 0 Å². The van der Waals surface area contributed by atoms with Crippen LogP contribution in [0.4, 0.5) is 17.6 Å². The number of alkyl halides is 3. The Bertz CT molecular complexity index is 428. The number of hydrogen-bond acceptors (Lipinski definition) is 2. The lowest BCUT2D eigenvalue weighted by atomic mass is 10.0. The van der Waals surface area contributed by atoms with E-state index in [1.165, 1.54) is 0 Å². The lowest BCUT2D eigenvalue weighted by Crippen LogP contribution is -2.10. The van der Waals surface area contributed by atoms with Crippen molar-refractivity contribution in [1.29, 1.82) is 0 Å². The van der Waals surface area contributed by atoms with Gasteiger partial charge in [-0.05, 0) is 12.1 Å². The van der Waals surface area contributed by atoms with E-state index in [1.54, 1.807) is 0 Å².